The zero-order valence-corrected chi connectivity index (χ0v) is 11.9. The quantitative estimate of drug-likeness (QED) is 0.721. The molecule has 0 spiro atoms. The first-order valence-corrected chi connectivity index (χ1v) is 7.48. The van der Waals surface area contributed by atoms with Crippen LogP contribution in [0.1, 0.15) is 49.9 Å². The molecule has 1 rings (SSSR count). The Balaban J connectivity index is 2.51. The highest BCUT2D eigenvalue weighted by molar-refractivity contribution is 7.99. The molecule has 0 bridgehead atoms. The molecular formula is C14H21NO2S. The fourth-order valence-electron chi connectivity index (χ4n) is 1.72. The van der Waals surface area contributed by atoms with Crippen molar-refractivity contribution in [2.75, 3.05) is 5.75 Å². The maximum Gasteiger partial charge on any atom is 0.335 e. The lowest BCUT2D eigenvalue weighted by Crippen LogP contribution is -2.03. The molecule has 1 unspecified atom stereocenters. The molecule has 0 radical (unpaired) electrons. The third-order valence-corrected chi connectivity index (χ3v) is 4.15. The van der Waals surface area contributed by atoms with E-state index in [-0.39, 0.29) is 0 Å². The first-order chi connectivity index (χ1) is 8.67. The Kier molecular flexibility index (Phi) is 6.80. The van der Waals surface area contributed by atoms with Gasteiger partial charge in [0.05, 0.1) is 10.6 Å². The van der Waals surface area contributed by atoms with E-state index in [2.05, 4.69) is 18.8 Å². The Labute approximate surface area is 113 Å². The SMILES string of the molecule is CCCCC(CC)CSc1cc(C(=O)O)ccn1. The van der Waals surface area contributed by atoms with Gasteiger partial charge in [0.1, 0.15) is 0 Å². The van der Waals surface area contributed by atoms with Gasteiger partial charge in [0, 0.05) is 11.9 Å². The van der Waals surface area contributed by atoms with Crippen molar-refractivity contribution >= 4 is 17.7 Å². The summed E-state index contributed by atoms with van der Waals surface area (Å²) in [6, 6.07) is 3.18. The van der Waals surface area contributed by atoms with Crippen molar-refractivity contribution in [3.63, 3.8) is 0 Å². The average molecular weight is 267 g/mol. The maximum absolute atomic E-state index is 10.9. The molecule has 1 atom stereocenters. The Morgan fingerprint density at radius 2 is 2.28 bits per heavy atom. The van der Waals surface area contributed by atoms with Crippen LogP contribution in [0.4, 0.5) is 0 Å². The second kappa shape index (κ2) is 8.14. The summed E-state index contributed by atoms with van der Waals surface area (Å²) in [7, 11) is 0. The lowest BCUT2D eigenvalue weighted by Gasteiger charge is -2.13. The smallest absolute Gasteiger partial charge is 0.335 e. The molecule has 4 heteroatoms. The van der Waals surface area contributed by atoms with Crippen LogP contribution in [0.3, 0.4) is 0 Å². The maximum atomic E-state index is 10.9. The number of aromatic nitrogens is 1. The number of carboxylic acid groups (broad SMARTS) is 1. The number of rotatable bonds is 8. The number of thioether (sulfide) groups is 1. The molecule has 0 aliphatic rings. The van der Waals surface area contributed by atoms with Gasteiger partial charge in [-0.15, -0.1) is 11.8 Å². The van der Waals surface area contributed by atoms with E-state index in [1.807, 2.05) is 0 Å². The highest BCUT2D eigenvalue weighted by Crippen LogP contribution is 2.24. The highest BCUT2D eigenvalue weighted by Gasteiger charge is 2.09. The Bertz CT molecular complexity index is 382. The minimum Gasteiger partial charge on any atom is -0.478 e. The topological polar surface area (TPSA) is 50.2 Å². The molecule has 100 valence electrons. The van der Waals surface area contributed by atoms with Gasteiger partial charge in [0.2, 0.25) is 0 Å². The molecule has 1 N–H and O–H groups in total. The molecule has 0 saturated heterocycles. The minimum atomic E-state index is -0.891. The number of pyridine rings is 1. The molecule has 0 amide bonds. The van der Waals surface area contributed by atoms with Crippen molar-refractivity contribution in [3.05, 3.63) is 23.9 Å². The van der Waals surface area contributed by atoms with E-state index in [9.17, 15) is 4.79 Å². The third kappa shape index (κ3) is 5.08. The van der Waals surface area contributed by atoms with Crippen molar-refractivity contribution in [1.29, 1.82) is 0 Å². The summed E-state index contributed by atoms with van der Waals surface area (Å²) < 4.78 is 0. The number of carbonyl (C=O) groups is 1. The monoisotopic (exact) mass is 267 g/mol. The molecule has 3 nitrogen and oxygen atoms in total. The van der Waals surface area contributed by atoms with Crippen molar-refractivity contribution in [1.82, 2.24) is 4.98 Å². The number of hydrogen-bond donors (Lipinski definition) is 1. The van der Waals surface area contributed by atoms with E-state index in [0.717, 1.165) is 10.8 Å². The molecule has 0 aliphatic carbocycles. The van der Waals surface area contributed by atoms with Gasteiger partial charge >= 0.3 is 5.97 Å². The predicted octanol–water partition coefficient (Wildman–Crippen LogP) is 4.09. The summed E-state index contributed by atoms with van der Waals surface area (Å²) in [5, 5.41) is 9.72. The number of aromatic carboxylic acids is 1. The fourth-order valence-corrected chi connectivity index (χ4v) is 2.88. The molecular weight excluding hydrogens is 246 g/mol. The molecule has 1 aromatic rings. The lowest BCUT2D eigenvalue weighted by atomic mass is 10.0. The van der Waals surface area contributed by atoms with Crippen molar-refractivity contribution < 1.29 is 9.90 Å². The minimum absolute atomic E-state index is 0.314. The van der Waals surface area contributed by atoms with Crippen LogP contribution < -0.4 is 0 Å². The summed E-state index contributed by atoms with van der Waals surface area (Å²) >= 11 is 1.66. The summed E-state index contributed by atoms with van der Waals surface area (Å²) in [4.78, 5) is 15.1. The van der Waals surface area contributed by atoms with Gasteiger partial charge in [-0.1, -0.05) is 33.1 Å². The number of nitrogens with zero attached hydrogens (tertiary/aromatic N) is 1. The van der Waals surface area contributed by atoms with Gasteiger partial charge in [-0.05, 0) is 24.5 Å². The zero-order valence-electron chi connectivity index (χ0n) is 11.1. The van der Waals surface area contributed by atoms with Crippen molar-refractivity contribution in [2.24, 2.45) is 5.92 Å². The van der Waals surface area contributed by atoms with Crippen LogP contribution in [0.5, 0.6) is 0 Å². The van der Waals surface area contributed by atoms with Gasteiger partial charge in [-0.25, -0.2) is 9.78 Å². The second-order valence-electron chi connectivity index (χ2n) is 4.42. The average Bonchev–Trinajstić information content (AvgIpc) is 2.39. The van der Waals surface area contributed by atoms with Crippen LogP contribution in [-0.2, 0) is 0 Å². The molecule has 1 heterocycles. The van der Waals surface area contributed by atoms with Crippen LogP contribution in [0.25, 0.3) is 0 Å². The first kappa shape index (κ1) is 15.0. The zero-order chi connectivity index (χ0) is 13.4. The van der Waals surface area contributed by atoms with Crippen LogP contribution in [0.2, 0.25) is 0 Å². The molecule has 18 heavy (non-hydrogen) atoms. The van der Waals surface area contributed by atoms with E-state index in [0.29, 0.717) is 11.5 Å². The normalized spacial score (nSPS) is 12.3. The van der Waals surface area contributed by atoms with Crippen LogP contribution >= 0.6 is 11.8 Å². The second-order valence-corrected chi connectivity index (χ2v) is 5.46. The van der Waals surface area contributed by atoms with Gasteiger partial charge in [0.25, 0.3) is 0 Å². The molecule has 0 aromatic carbocycles. The van der Waals surface area contributed by atoms with E-state index in [1.165, 1.54) is 31.7 Å². The van der Waals surface area contributed by atoms with Gasteiger partial charge in [0.15, 0.2) is 0 Å². The van der Waals surface area contributed by atoms with E-state index < -0.39 is 5.97 Å². The van der Waals surface area contributed by atoms with Crippen LogP contribution in [0.15, 0.2) is 23.4 Å². The molecule has 0 saturated carbocycles. The lowest BCUT2D eigenvalue weighted by molar-refractivity contribution is 0.0696. The summed E-state index contributed by atoms with van der Waals surface area (Å²) in [5.74, 6) is 0.828. The summed E-state index contributed by atoms with van der Waals surface area (Å²) in [6.45, 7) is 4.42. The van der Waals surface area contributed by atoms with Crippen molar-refractivity contribution in [2.45, 2.75) is 44.6 Å². The standard InChI is InChI=1S/C14H21NO2S/c1-3-5-6-11(4-2)10-18-13-9-12(14(16)17)7-8-15-13/h7-9,11H,3-6,10H2,1-2H3,(H,16,17). The molecule has 1 aromatic heterocycles. The Morgan fingerprint density at radius 3 is 2.89 bits per heavy atom. The Hall–Kier alpha value is -1.03. The number of unbranched alkanes of at least 4 members (excludes halogenated alkanes) is 1. The summed E-state index contributed by atoms with van der Waals surface area (Å²) in [5.41, 5.74) is 0.314. The number of hydrogen-bond acceptors (Lipinski definition) is 3. The van der Waals surface area contributed by atoms with E-state index in [4.69, 9.17) is 5.11 Å². The third-order valence-electron chi connectivity index (χ3n) is 2.99. The van der Waals surface area contributed by atoms with Gasteiger partial charge in [-0.3, -0.25) is 0 Å². The highest BCUT2D eigenvalue weighted by atomic mass is 32.2. The fraction of sp³-hybridized carbons (Fsp3) is 0.571. The summed E-state index contributed by atoms with van der Waals surface area (Å²) in [6.07, 6.45) is 6.48. The van der Waals surface area contributed by atoms with Gasteiger partial charge < -0.3 is 5.11 Å². The van der Waals surface area contributed by atoms with Crippen LogP contribution in [-0.4, -0.2) is 21.8 Å². The van der Waals surface area contributed by atoms with Gasteiger partial charge in [-0.2, -0.15) is 0 Å². The van der Waals surface area contributed by atoms with E-state index >= 15 is 0 Å². The Morgan fingerprint density at radius 1 is 1.50 bits per heavy atom. The number of carboxylic acids is 1. The van der Waals surface area contributed by atoms with Crippen LogP contribution in [0, 0.1) is 5.92 Å². The largest absolute Gasteiger partial charge is 0.478 e. The van der Waals surface area contributed by atoms with Crippen molar-refractivity contribution in [3.8, 4) is 0 Å². The molecule has 0 aliphatic heterocycles. The molecule has 0 fully saturated rings. The predicted molar refractivity (Wildman–Crippen MR) is 75.2 cm³/mol. The van der Waals surface area contributed by atoms with E-state index in [1.54, 1.807) is 24.0 Å². The first-order valence-electron chi connectivity index (χ1n) is 6.49.